The van der Waals surface area contributed by atoms with Gasteiger partial charge in [-0.1, -0.05) is 6.07 Å². The molecule has 1 saturated heterocycles. The molecule has 0 spiro atoms. The highest BCUT2D eigenvalue weighted by Crippen LogP contribution is 2.21. The lowest BCUT2D eigenvalue weighted by molar-refractivity contribution is -0.0566. The number of aliphatic hydroxyl groups is 1. The molecule has 0 radical (unpaired) electrons. The monoisotopic (exact) mass is 481 g/mol. The van der Waals surface area contributed by atoms with Gasteiger partial charge < -0.3 is 24.8 Å². The number of hydrogen-bond donors (Lipinski definition) is 2. The van der Waals surface area contributed by atoms with Gasteiger partial charge >= 0.3 is 0 Å². The zero-order valence-corrected chi connectivity index (χ0v) is 18.0. The molecule has 0 unspecified atom stereocenters. The summed E-state index contributed by atoms with van der Waals surface area (Å²) in [6.45, 7) is 4.63. The van der Waals surface area contributed by atoms with Crippen molar-refractivity contribution in [2.24, 2.45) is 4.99 Å². The van der Waals surface area contributed by atoms with Gasteiger partial charge in [-0.25, -0.2) is 4.39 Å². The van der Waals surface area contributed by atoms with Gasteiger partial charge in [-0.15, -0.1) is 24.0 Å². The standard InChI is InChI=1S/C18H28FN3O3.HI/c1-4-20-17(21-13-18(23)7-9-25-10-8-18)22(2)12-14-5-6-16(24-3)15(19)11-14;/h5-6,11,23H,4,7-10,12-13H2,1-3H3,(H,20,21);1H. The molecular formula is C18H29FIN3O3. The van der Waals surface area contributed by atoms with Crippen LogP contribution in [0.5, 0.6) is 5.75 Å². The fraction of sp³-hybridized carbons (Fsp3) is 0.611. The second-order valence-electron chi connectivity index (χ2n) is 6.33. The predicted molar refractivity (Wildman–Crippen MR) is 111 cm³/mol. The zero-order chi connectivity index (χ0) is 18.3. The molecule has 2 N–H and O–H groups in total. The van der Waals surface area contributed by atoms with E-state index in [4.69, 9.17) is 9.47 Å². The van der Waals surface area contributed by atoms with Gasteiger partial charge in [0.05, 0.1) is 19.3 Å². The van der Waals surface area contributed by atoms with E-state index in [-0.39, 0.29) is 35.5 Å². The largest absolute Gasteiger partial charge is 0.494 e. The molecule has 0 amide bonds. The lowest BCUT2D eigenvalue weighted by atomic mass is 9.95. The molecule has 1 aliphatic rings. The van der Waals surface area contributed by atoms with E-state index in [1.165, 1.54) is 13.2 Å². The van der Waals surface area contributed by atoms with E-state index >= 15 is 0 Å². The summed E-state index contributed by atoms with van der Waals surface area (Å²) in [5.41, 5.74) is 0.00240. The molecule has 0 aromatic heterocycles. The van der Waals surface area contributed by atoms with E-state index in [9.17, 15) is 9.50 Å². The molecule has 0 atom stereocenters. The average molecular weight is 481 g/mol. The number of guanidine groups is 1. The van der Waals surface area contributed by atoms with Crippen molar-refractivity contribution in [3.8, 4) is 5.75 Å². The number of nitrogens with zero attached hydrogens (tertiary/aromatic N) is 2. The van der Waals surface area contributed by atoms with E-state index in [0.717, 1.165) is 5.56 Å². The summed E-state index contributed by atoms with van der Waals surface area (Å²) in [6.07, 6.45) is 1.17. The molecule has 8 heteroatoms. The van der Waals surface area contributed by atoms with E-state index in [2.05, 4.69) is 10.3 Å². The summed E-state index contributed by atoms with van der Waals surface area (Å²) in [5, 5.41) is 13.8. The normalized spacial score (nSPS) is 16.6. The number of halogens is 2. The minimum absolute atomic E-state index is 0. The van der Waals surface area contributed by atoms with Gasteiger partial charge in [0, 0.05) is 46.2 Å². The quantitative estimate of drug-likeness (QED) is 0.371. The van der Waals surface area contributed by atoms with Crippen molar-refractivity contribution in [3.63, 3.8) is 0 Å². The highest BCUT2D eigenvalue weighted by atomic mass is 127. The third kappa shape index (κ3) is 6.55. The van der Waals surface area contributed by atoms with Crippen LogP contribution < -0.4 is 10.1 Å². The Bertz CT molecular complexity index is 595. The van der Waals surface area contributed by atoms with Crippen LogP contribution in [0.2, 0.25) is 0 Å². The summed E-state index contributed by atoms with van der Waals surface area (Å²) >= 11 is 0. The lowest BCUT2D eigenvalue weighted by Crippen LogP contribution is -2.43. The minimum atomic E-state index is -0.814. The summed E-state index contributed by atoms with van der Waals surface area (Å²) < 4.78 is 24.1. The van der Waals surface area contributed by atoms with E-state index in [1.807, 2.05) is 24.9 Å². The van der Waals surface area contributed by atoms with E-state index in [1.54, 1.807) is 6.07 Å². The number of benzene rings is 1. The van der Waals surface area contributed by atoms with Crippen LogP contribution in [0.4, 0.5) is 4.39 Å². The maximum absolute atomic E-state index is 13.9. The first-order valence-electron chi connectivity index (χ1n) is 8.59. The molecule has 0 saturated carbocycles. The maximum atomic E-state index is 13.9. The van der Waals surface area contributed by atoms with E-state index < -0.39 is 5.60 Å². The maximum Gasteiger partial charge on any atom is 0.194 e. The van der Waals surface area contributed by atoms with Crippen molar-refractivity contribution in [2.75, 3.05) is 40.5 Å². The molecule has 1 fully saturated rings. The van der Waals surface area contributed by atoms with Crippen molar-refractivity contribution in [2.45, 2.75) is 31.9 Å². The van der Waals surface area contributed by atoms with Gasteiger partial charge in [0.25, 0.3) is 0 Å². The van der Waals surface area contributed by atoms with Gasteiger partial charge in [0.15, 0.2) is 17.5 Å². The Labute approximate surface area is 171 Å². The van der Waals surface area contributed by atoms with Crippen LogP contribution in [-0.4, -0.2) is 62.0 Å². The topological polar surface area (TPSA) is 66.3 Å². The first-order valence-corrected chi connectivity index (χ1v) is 8.59. The van der Waals surface area contributed by atoms with Crippen molar-refractivity contribution < 1.29 is 19.0 Å². The molecule has 148 valence electrons. The van der Waals surface area contributed by atoms with Crippen LogP contribution in [0, 0.1) is 5.82 Å². The minimum Gasteiger partial charge on any atom is -0.494 e. The van der Waals surface area contributed by atoms with Gasteiger partial charge in [-0.05, 0) is 24.6 Å². The molecule has 1 aromatic carbocycles. The smallest absolute Gasteiger partial charge is 0.194 e. The van der Waals surface area contributed by atoms with Crippen molar-refractivity contribution in [1.29, 1.82) is 0 Å². The third-order valence-corrected chi connectivity index (χ3v) is 4.28. The first kappa shape index (κ1) is 22.9. The number of methoxy groups -OCH3 is 1. The van der Waals surface area contributed by atoms with Crippen molar-refractivity contribution in [3.05, 3.63) is 29.6 Å². The lowest BCUT2D eigenvalue weighted by Gasteiger charge is -2.31. The van der Waals surface area contributed by atoms with Crippen LogP contribution >= 0.6 is 24.0 Å². The van der Waals surface area contributed by atoms with Crippen molar-refractivity contribution >= 4 is 29.9 Å². The molecule has 26 heavy (non-hydrogen) atoms. The number of ether oxygens (including phenoxy) is 2. The Kier molecular flexibility index (Phi) is 9.59. The summed E-state index contributed by atoms with van der Waals surface area (Å²) in [7, 11) is 3.33. The Balaban J connectivity index is 0.00000338. The Morgan fingerprint density at radius 3 is 2.69 bits per heavy atom. The molecule has 1 heterocycles. The van der Waals surface area contributed by atoms with Crippen LogP contribution in [0.15, 0.2) is 23.2 Å². The highest BCUT2D eigenvalue weighted by Gasteiger charge is 2.29. The molecule has 0 aliphatic carbocycles. The second-order valence-corrected chi connectivity index (χ2v) is 6.33. The first-order chi connectivity index (χ1) is 12.0. The number of nitrogens with one attached hydrogen (secondary N) is 1. The van der Waals surface area contributed by atoms with E-state index in [0.29, 0.717) is 51.6 Å². The fourth-order valence-electron chi connectivity index (χ4n) is 2.76. The predicted octanol–water partition coefficient (Wildman–Crippen LogP) is 2.39. The average Bonchev–Trinajstić information content (AvgIpc) is 2.59. The van der Waals surface area contributed by atoms with Gasteiger partial charge in [-0.3, -0.25) is 4.99 Å². The summed E-state index contributed by atoms with van der Waals surface area (Å²) in [6, 6.07) is 4.91. The molecule has 1 aliphatic heterocycles. The Hall–Kier alpha value is -1.13. The number of aliphatic imine (C=N–C) groups is 1. The SMILES string of the molecule is CCNC(=NCC1(O)CCOCC1)N(C)Cc1ccc(OC)c(F)c1.I. The van der Waals surface area contributed by atoms with Crippen LogP contribution in [-0.2, 0) is 11.3 Å². The van der Waals surface area contributed by atoms with Crippen LogP contribution in [0.25, 0.3) is 0 Å². The van der Waals surface area contributed by atoms with Gasteiger partial charge in [0.1, 0.15) is 0 Å². The Morgan fingerprint density at radius 1 is 1.42 bits per heavy atom. The second kappa shape index (κ2) is 10.9. The summed E-state index contributed by atoms with van der Waals surface area (Å²) in [5.74, 6) is 0.527. The molecule has 0 bridgehead atoms. The van der Waals surface area contributed by atoms with Crippen molar-refractivity contribution in [1.82, 2.24) is 10.2 Å². The van der Waals surface area contributed by atoms with Crippen LogP contribution in [0.1, 0.15) is 25.3 Å². The molecule has 2 rings (SSSR count). The number of rotatable bonds is 6. The van der Waals surface area contributed by atoms with Gasteiger partial charge in [0.2, 0.25) is 0 Å². The third-order valence-electron chi connectivity index (χ3n) is 4.28. The Morgan fingerprint density at radius 2 is 2.12 bits per heavy atom. The molecule has 1 aromatic rings. The van der Waals surface area contributed by atoms with Crippen LogP contribution in [0.3, 0.4) is 0 Å². The number of hydrogen-bond acceptors (Lipinski definition) is 4. The zero-order valence-electron chi connectivity index (χ0n) is 15.6. The van der Waals surface area contributed by atoms with Gasteiger partial charge in [-0.2, -0.15) is 0 Å². The summed E-state index contributed by atoms with van der Waals surface area (Å²) in [4.78, 5) is 6.48. The molecular weight excluding hydrogens is 452 g/mol. The highest BCUT2D eigenvalue weighted by molar-refractivity contribution is 14.0. The fourth-order valence-corrected chi connectivity index (χ4v) is 2.76. The molecule has 6 nitrogen and oxygen atoms in total.